The third kappa shape index (κ3) is 4.52. The summed E-state index contributed by atoms with van der Waals surface area (Å²) in [6, 6.07) is 6.10. The van der Waals surface area contributed by atoms with E-state index in [2.05, 4.69) is 15.3 Å². The molecule has 1 fully saturated rings. The number of hydrogen-bond donors (Lipinski definition) is 1. The van der Waals surface area contributed by atoms with Crippen molar-refractivity contribution in [3.8, 4) is 0 Å². The summed E-state index contributed by atoms with van der Waals surface area (Å²) in [7, 11) is -3.33. The number of hydrogen-bond acceptors (Lipinski definition) is 6. The molecule has 1 N–H and O–H groups in total. The Labute approximate surface area is 174 Å². The van der Waals surface area contributed by atoms with Gasteiger partial charge in [-0.3, -0.25) is 4.79 Å². The zero-order valence-corrected chi connectivity index (χ0v) is 17.6. The number of nitrogens with one attached hydrogen (secondary N) is 1. The van der Waals surface area contributed by atoms with E-state index in [0.29, 0.717) is 31.0 Å². The van der Waals surface area contributed by atoms with Gasteiger partial charge in [0, 0.05) is 36.5 Å². The number of aromatic nitrogens is 2. The molecule has 1 amide bonds. The van der Waals surface area contributed by atoms with Gasteiger partial charge in [-0.05, 0) is 42.5 Å². The standard InChI is InChI=1S/C19H22ClN5O3S/c1-29(27,28)25-6-2-5-24(12-25)18(26)15-10-21-19(22-11-15)23-17-8-13-3-4-16(20)7-14(13)9-17/h3-4,7,10-11,17H,2,5-6,8-9,12H2,1H3,(H,21,22,23). The summed E-state index contributed by atoms with van der Waals surface area (Å²) in [5.74, 6) is 0.190. The number of anilines is 1. The maximum Gasteiger partial charge on any atom is 0.258 e. The van der Waals surface area contributed by atoms with Crippen LogP contribution in [0.5, 0.6) is 0 Å². The van der Waals surface area contributed by atoms with Gasteiger partial charge in [0.15, 0.2) is 0 Å². The summed E-state index contributed by atoms with van der Waals surface area (Å²) in [6.07, 6.45) is 6.43. The first-order valence-electron chi connectivity index (χ1n) is 9.40. The number of rotatable bonds is 4. The molecule has 1 aromatic heterocycles. The second-order valence-corrected chi connectivity index (χ2v) is 9.88. The van der Waals surface area contributed by atoms with Crippen LogP contribution in [-0.4, -0.2) is 65.6 Å². The van der Waals surface area contributed by atoms with Crippen LogP contribution in [0, 0.1) is 0 Å². The number of nitrogens with zero attached hydrogens (tertiary/aromatic N) is 4. The predicted molar refractivity (Wildman–Crippen MR) is 110 cm³/mol. The summed E-state index contributed by atoms with van der Waals surface area (Å²) in [4.78, 5) is 22.8. The van der Waals surface area contributed by atoms with E-state index in [0.717, 1.165) is 24.1 Å². The molecule has 0 spiro atoms. The number of carbonyl (C=O) groups is 1. The molecule has 1 saturated heterocycles. The first-order chi connectivity index (χ1) is 13.8. The van der Waals surface area contributed by atoms with Crippen LogP contribution in [0.25, 0.3) is 0 Å². The van der Waals surface area contributed by atoms with E-state index in [1.54, 1.807) is 0 Å². The first kappa shape index (κ1) is 20.1. The maximum absolute atomic E-state index is 12.7. The summed E-state index contributed by atoms with van der Waals surface area (Å²) in [5.41, 5.74) is 2.83. The molecule has 1 aliphatic heterocycles. The molecule has 1 unspecified atom stereocenters. The normalized spacial score (nSPS) is 19.8. The molecule has 29 heavy (non-hydrogen) atoms. The summed E-state index contributed by atoms with van der Waals surface area (Å²) in [6.45, 7) is 0.991. The highest BCUT2D eigenvalue weighted by Crippen LogP contribution is 2.26. The summed E-state index contributed by atoms with van der Waals surface area (Å²) < 4.78 is 24.8. The van der Waals surface area contributed by atoms with E-state index < -0.39 is 10.0 Å². The van der Waals surface area contributed by atoms with Gasteiger partial charge in [-0.2, -0.15) is 4.31 Å². The van der Waals surface area contributed by atoms with Gasteiger partial charge in [-0.15, -0.1) is 0 Å². The SMILES string of the molecule is CS(=O)(=O)N1CCCN(C(=O)c2cnc(NC3Cc4ccc(Cl)cc4C3)nc2)C1. The van der Waals surface area contributed by atoms with Crippen molar-refractivity contribution < 1.29 is 13.2 Å². The Morgan fingerprint density at radius 3 is 2.62 bits per heavy atom. The molecule has 2 aromatic rings. The van der Waals surface area contributed by atoms with E-state index in [-0.39, 0.29) is 18.6 Å². The van der Waals surface area contributed by atoms with Crippen LogP contribution >= 0.6 is 11.6 Å². The van der Waals surface area contributed by atoms with Gasteiger partial charge in [0.1, 0.15) is 0 Å². The monoisotopic (exact) mass is 435 g/mol. The molecule has 1 atom stereocenters. The minimum atomic E-state index is -3.33. The molecule has 0 saturated carbocycles. The Bertz CT molecular complexity index is 1030. The Morgan fingerprint density at radius 2 is 1.90 bits per heavy atom. The lowest BCUT2D eigenvalue weighted by molar-refractivity contribution is 0.0634. The maximum atomic E-state index is 12.7. The molecule has 8 nitrogen and oxygen atoms in total. The van der Waals surface area contributed by atoms with Gasteiger partial charge in [-0.1, -0.05) is 17.7 Å². The van der Waals surface area contributed by atoms with E-state index in [9.17, 15) is 13.2 Å². The lowest BCUT2D eigenvalue weighted by Gasteiger charge is -2.33. The molecule has 2 heterocycles. The number of fused-ring (bicyclic) bond motifs is 1. The van der Waals surface area contributed by atoms with E-state index in [1.807, 2.05) is 18.2 Å². The zero-order valence-electron chi connectivity index (χ0n) is 16.0. The van der Waals surface area contributed by atoms with Crippen molar-refractivity contribution in [2.45, 2.75) is 25.3 Å². The van der Waals surface area contributed by atoms with Crippen molar-refractivity contribution >= 4 is 33.5 Å². The minimum Gasteiger partial charge on any atom is -0.351 e. The van der Waals surface area contributed by atoms with Gasteiger partial charge in [-0.25, -0.2) is 18.4 Å². The Morgan fingerprint density at radius 1 is 1.17 bits per heavy atom. The fourth-order valence-corrected chi connectivity index (χ4v) is 4.78. The first-order valence-corrected chi connectivity index (χ1v) is 11.6. The van der Waals surface area contributed by atoms with Gasteiger partial charge in [0.25, 0.3) is 5.91 Å². The lowest BCUT2D eigenvalue weighted by Crippen LogP contribution is -2.49. The highest BCUT2D eigenvalue weighted by Gasteiger charge is 2.28. The van der Waals surface area contributed by atoms with Crippen molar-refractivity contribution in [3.63, 3.8) is 0 Å². The van der Waals surface area contributed by atoms with E-state index >= 15 is 0 Å². The van der Waals surface area contributed by atoms with E-state index in [1.165, 1.54) is 32.7 Å². The molecule has 1 aromatic carbocycles. The smallest absolute Gasteiger partial charge is 0.258 e. The number of amides is 1. The lowest BCUT2D eigenvalue weighted by atomic mass is 10.1. The molecular formula is C19H22ClN5O3S. The fourth-order valence-electron chi connectivity index (χ4n) is 3.77. The average Bonchev–Trinajstić information content (AvgIpc) is 3.09. The number of sulfonamides is 1. The Kier molecular flexibility index (Phi) is 5.46. The topological polar surface area (TPSA) is 95.5 Å². The number of benzene rings is 1. The van der Waals surface area contributed by atoms with Gasteiger partial charge >= 0.3 is 0 Å². The van der Waals surface area contributed by atoms with Crippen LogP contribution in [0.1, 0.15) is 27.9 Å². The molecular weight excluding hydrogens is 414 g/mol. The van der Waals surface area contributed by atoms with Gasteiger partial charge in [0.2, 0.25) is 16.0 Å². The summed E-state index contributed by atoms with van der Waals surface area (Å²) >= 11 is 6.06. The van der Waals surface area contributed by atoms with Gasteiger partial charge < -0.3 is 10.2 Å². The third-order valence-corrected chi connectivity index (χ3v) is 6.72. The fraction of sp³-hybridized carbons (Fsp3) is 0.421. The number of halogens is 1. The van der Waals surface area contributed by atoms with Crippen molar-refractivity contribution in [2.75, 3.05) is 31.3 Å². The highest BCUT2D eigenvalue weighted by atomic mass is 35.5. The Hall–Kier alpha value is -2.23. The number of carbonyl (C=O) groups excluding carboxylic acids is 1. The highest BCUT2D eigenvalue weighted by molar-refractivity contribution is 7.88. The molecule has 0 radical (unpaired) electrons. The molecule has 0 bridgehead atoms. The Balaban J connectivity index is 1.39. The predicted octanol–water partition coefficient (Wildman–Crippen LogP) is 1.77. The van der Waals surface area contributed by atoms with Crippen LogP contribution < -0.4 is 5.32 Å². The van der Waals surface area contributed by atoms with Crippen molar-refractivity contribution in [1.29, 1.82) is 0 Å². The van der Waals surface area contributed by atoms with Crippen molar-refractivity contribution in [1.82, 2.24) is 19.2 Å². The zero-order chi connectivity index (χ0) is 20.6. The van der Waals surface area contributed by atoms with Crippen LogP contribution in [-0.2, 0) is 22.9 Å². The largest absolute Gasteiger partial charge is 0.351 e. The van der Waals surface area contributed by atoms with Crippen LogP contribution in [0.3, 0.4) is 0 Å². The molecule has 1 aliphatic carbocycles. The van der Waals surface area contributed by atoms with Crippen molar-refractivity contribution in [2.24, 2.45) is 0 Å². The minimum absolute atomic E-state index is 0.0561. The van der Waals surface area contributed by atoms with Crippen molar-refractivity contribution in [3.05, 3.63) is 52.3 Å². The second-order valence-electron chi connectivity index (χ2n) is 7.46. The molecule has 154 valence electrons. The third-order valence-electron chi connectivity index (χ3n) is 5.25. The second kappa shape index (κ2) is 7.89. The van der Waals surface area contributed by atoms with Crippen LogP contribution in [0.2, 0.25) is 5.02 Å². The average molecular weight is 436 g/mol. The van der Waals surface area contributed by atoms with Gasteiger partial charge in [0.05, 0.1) is 18.5 Å². The summed E-state index contributed by atoms with van der Waals surface area (Å²) in [5, 5.41) is 4.03. The molecule has 2 aliphatic rings. The molecule has 10 heteroatoms. The quantitative estimate of drug-likeness (QED) is 0.786. The van der Waals surface area contributed by atoms with Crippen LogP contribution in [0.15, 0.2) is 30.6 Å². The van der Waals surface area contributed by atoms with E-state index in [4.69, 9.17) is 11.6 Å². The van der Waals surface area contributed by atoms with Crippen LogP contribution in [0.4, 0.5) is 5.95 Å². The molecule has 4 rings (SSSR count).